The van der Waals surface area contributed by atoms with E-state index in [-0.39, 0.29) is 18.4 Å². The quantitative estimate of drug-likeness (QED) is 0.923. The molecule has 0 aliphatic rings. The Morgan fingerprint density at radius 3 is 2.48 bits per heavy atom. The van der Waals surface area contributed by atoms with Crippen LogP contribution in [0.5, 0.6) is 5.75 Å². The molecule has 0 radical (unpaired) electrons. The number of nitrogens with one attached hydrogen (secondary N) is 1. The van der Waals surface area contributed by atoms with Crippen molar-refractivity contribution in [2.45, 2.75) is 13.8 Å². The molecule has 0 aliphatic heterocycles. The first-order valence-electron chi connectivity index (χ1n) is 7.29. The number of carbonyl (C=O) groups excluding carboxylic acids is 2. The van der Waals surface area contributed by atoms with Gasteiger partial charge in [0.2, 0.25) is 5.91 Å². The van der Waals surface area contributed by atoms with Gasteiger partial charge in [0.05, 0.1) is 0 Å². The van der Waals surface area contributed by atoms with Gasteiger partial charge < -0.3 is 15.0 Å². The molecule has 0 bridgehead atoms. The first-order chi connectivity index (χ1) is 11.0. The number of nitrogens with zero attached hydrogens (tertiary/aromatic N) is 1. The number of carbonyl (C=O) groups is 2. The summed E-state index contributed by atoms with van der Waals surface area (Å²) in [6.45, 7) is 3.40. The standard InChI is InChI=1S/C18H20N2O3/c1-13-7-9-17(10-8-13)23-12-18(22)19-15-5-4-6-16(11-15)20(3)14(2)21/h4-11H,12H2,1-3H3,(H,19,22). The number of rotatable bonds is 5. The molecule has 0 fully saturated rings. The summed E-state index contributed by atoms with van der Waals surface area (Å²) in [6.07, 6.45) is 0. The molecule has 2 amide bonds. The van der Waals surface area contributed by atoms with E-state index in [2.05, 4.69) is 5.32 Å². The molecule has 0 heterocycles. The number of benzene rings is 2. The van der Waals surface area contributed by atoms with Crippen molar-refractivity contribution in [2.75, 3.05) is 23.9 Å². The van der Waals surface area contributed by atoms with Crippen molar-refractivity contribution in [2.24, 2.45) is 0 Å². The van der Waals surface area contributed by atoms with E-state index in [0.717, 1.165) is 11.3 Å². The van der Waals surface area contributed by atoms with E-state index in [0.29, 0.717) is 11.4 Å². The Morgan fingerprint density at radius 1 is 1.13 bits per heavy atom. The van der Waals surface area contributed by atoms with E-state index in [4.69, 9.17) is 4.74 Å². The molecule has 2 aromatic carbocycles. The molecule has 1 N–H and O–H groups in total. The molecule has 0 spiro atoms. The lowest BCUT2D eigenvalue weighted by Gasteiger charge is -2.16. The molecular weight excluding hydrogens is 292 g/mol. The van der Waals surface area contributed by atoms with Crippen LogP contribution in [0.1, 0.15) is 12.5 Å². The van der Waals surface area contributed by atoms with Crippen LogP contribution in [0.15, 0.2) is 48.5 Å². The van der Waals surface area contributed by atoms with Gasteiger partial charge in [-0.3, -0.25) is 9.59 Å². The number of amides is 2. The van der Waals surface area contributed by atoms with Gasteiger partial charge in [0, 0.05) is 25.3 Å². The zero-order chi connectivity index (χ0) is 16.8. The minimum absolute atomic E-state index is 0.0730. The fourth-order valence-corrected chi connectivity index (χ4v) is 1.95. The molecule has 5 nitrogen and oxygen atoms in total. The third kappa shape index (κ3) is 4.85. The number of ether oxygens (including phenoxy) is 1. The average Bonchev–Trinajstić information content (AvgIpc) is 2.53. The lowest BCUT2D eigenvalue weighted by molar-refractivity contribution is -0.118. The number of anilines is 2. The van der Waals surface area contributed by atoms with Crippen LogP contribution in [0.3, 0.4) is 0 Å². The van der Waals surface area contributed by atoms with Crippen LogP contribution < -0.4 is 15.0 Å². The Bertz CT molecular complexity index is 696. The maximum absolute atomic E-state index is 12.0. The highest BCUT2D eigenvalue weighted by atomic mass is 16.5. The second-order valence-electron chi connectivity index (χ2n) is 5.28. The second kappa shape index (κ2) is 7.45. The smallest absolute Gasteiger partial charge is 0.262 e. The molecule has 5 heteroatoms. The Kier molecular flexibility index (Phi) is 5.36. The van der Waals surface area contributed by atoms with Crippen LogP contribution in [-0.4, -0.2) is 25.5 Å². The van der Waals surface area contributed by atoms with Crippen molar-refractivity contribution in [3.63, 3.8) is 0 Å². The lowest BCUT2D eigenvalue weighted by Crippen LogP contribution is -2.23. The van der Waals surface area contributed by atoms with E-state index in [1.165, 1.54) is 11.8 Å². The highest BCUT2D eigenvalue weighted by Crippen LogP contribution is 2.18. The first-order valence-corrected chi connectivity index (χ1v) is 7.29. The molecule has 0 saturated heterocycles. The van der Waals surface area contributed by atoms with E-state index < -0.39 is 0 Å². The summed E-state index contributed by atoms with van der Waals surface area (Å²) in [5.41, 5.74) is 2.47. The van der Waals surface area contributed by atoms with Gasteiger partial charge >= 0.3 is 0 Å². The molecule has 2 rings (SSSR count). The van der Waals surface area contributed by atoms with Crippen LogP contribution >= 0.6 is 0 Å². The van der Waals surface area contributed by atoms with Crippen molar-refractivity contribution >= 4 is 23.2 Å². The Morgan fingerprint density at radius 2 is 1.83 bits per heavy atom. The van der Waals surface area contributed by atoms with Gasteiger partial charge in [-0.2, -0.15) is 0 Å². The van der Waals surface area contributed by atoms with E-state index in [1.54, 1.807) is 31.3 Å². The second-order valence-corrected chi connectivity index (χ2v) is 5.28. The summed E-state index contributed by atoms with van der Waals surface area (Å²) in [7, 11) is 1.68. The highest BCUT2D eigenvalue weighted by molar-refractivity contribution is 5.94. The Labute approximate surface area is 135 Å². The normalized spacial score (nSPS) is 10.0. The molecule has 0 atom stereocenters. The van der Waals surface area contributed by atoms with E-state index in [1.807, 2.05) is 31.2 Å². The van der Waals surface area contributed by atoms with Crippen molar-refractivity contribution in [3.05, 3.63) is 54.1 Å². The highest BCUT2D eigenvalue weighted by Gasteiger charge is 2.08. The molecule has 23 heavy (non-hydrogen) atoms. The minimum Gasteiger partial charge on any atom is -0.484 e. The maximum atomic E-state index is 12.0. The van der Waals surface area contributed by atoms with Gasteiger partial charge in [-0.15, -0.1) is 0 Å². The van der Waals surface area contributed by atoms with Crippen molar-refractivity contribution < 1.29 is 14.3 Å². The van der Waals surface area contributed by atoms with Crippen LogP contribution in [0.25, 0.3) is 0 Å². The summed E-state index contributed by atoms with van der Waals surface area (Å²) in [4.78, 5) is 24.8. The van der Waals surface area contributed by atoms with Gasteiger partial charge in [0.15, 0.2) is 6.61 Å². The van der Waals surface area contributed by atoms with E-state index >= 15 is 0 Å². The van der Waals surface area contributed by atoms with Crippen molar-refractivity contribution in [1.82, 2.24) is 0 Å². The third-order valence-corrected chi connectivity index (χ3v) is 3.38. The predicted octanol–water partition coefficient (Wildman–Crippen LogP) is 3.00. The maximum Gasteiger partial charge on any atom is 0.262 e. The SMILES string of the molecule is CC(=O)N(C)c1cccc(NC(=O)COc2ccc(C)cc2)c1. The summed E-state index contributed by atoms with van der Waals surface area (Å²) in [5.74, 6) is 0.320. The Hall–Kier alpha value is -2.82. The number of hydrogen-bond donors (Lipinski definition) is 1. The van der Waals surface area contributed by atoms with E-state index in [9.17, 15) is 9.59 Å². The van der Waals surface area contributed by atoms with Crippen molar-refractivity contribution in [1.29, 1.82) is 0 Å². The van der Waals surface area contributed by atoms with Gasteiger partial charge in [-0.05, 0) is 37.3 Å². The fraction of sp³-hybridized carbons (Fsp3) is 0.222. The lowest BCUT2D eigenvalue weighted by atomic mass is 10.2. The third-order valence-electron chi connectivity index (χ3n) is 3.38. The molecule has 0 aromatic heterocycles. The zero-order valence-electron chi connectivity index (χ0n) is 13.5. The summed E-state index contributed by atoms with van der Waals surface area (Å²) in [6, 6.07) is 14.6. The summed E-state index contributed by atoms with van der Waals surface area (Å²) < 4.78 is 5.43. The Balaban J connectivity index is 1.93. The average molecular weight is 312 g/mol. The number of aryl methyl sites for hydroxylation is 1. The predicted molar refractivity (Wildman–Crippen MR) is 90.8 cm³/mol. The summed E-state index contributed by atoms with van der Waals surface area (Å²) >= 11 is 0. The zero-order valence-corrected chi connectivity index (χ0v) is 13.5. The van der Waals surface area contributed by atoms with Crippen LogP contribution in [0.4, 0.5) is 11.4 Å². The minimum atomic E-state index is -0.256. The molecule has 0 aliphatic carbocycles. The molecule has 0 unspecified atom stereocenters. The van der Waals surface area contributed by atoms with Crippen LogP contribution in [0.2, 0.25) is 0 Å². The van der Waals surface area contributed by atoms with Crippen LogP contribution in [-0.2, 0) is 9.59 Å². The monoisotopic (exact) mass is 312 g/mol. The molecular formula is C18H20N2O3. The molecule has 120 valence electrons. The fourth-order valence-electron chi connectivity index (χ4n) is 1.95. The molecule has 2 aromatic rings. The number of hydrogen-bond acceptors (Lipinski definition) is 3. The van der Waals surface area contributed by atoms with Crippen LogP contribution in [0, 0.1) is 6.92 Å². The van der Waals surface area contributed by atoms with Gasteiger partial charge in [0.1, 0.15) is 5.75 Å². The van der Waals surface area contributed by atoms with Gasteiger partial charge in [-0.1, -0.05) is 23.8 Å². The van der Waals surface area contributed by atoms with Crippen molar-refractivity contribution in [3.8, 4) is 5.75 Å². The summed E-state index contributed by atoms with van der Waals surface area (Å²) in [5, 5.41) is 2.76. The van der Waals surface area contributed by atoms with Gasteiger partial charge in [0.25, 0.3) is 5.91 Å². The van der Waals surface area contributed by atoms with Gasteiger partial charge in [-0.25, -0.2) is 0 Å². The topological polar surface area (TPSA) is 58.6 Å². The first kappa shape index (κ1) is 16.5. The largest absolute Gasteiger partial charge is 0.484 e. The molecule has 0 saturated carbocycles.